The first-order valence-corrected chi connectivity index (χ1v) is 11.6. The number of rotatable bonds is 5. The summed E-state index contributed by atoms with van der Waals surface area (Å²) in [5, 5.41) is 2.97. The molecule has 164 valence electrons. The number of nitrogens with zero attached hydrogens (tertiary/aromatic N) is 5. The summed E-state index contributed by atoms with van der Waals surface area (Å²) in [4.78, 5) is 16.5. The Morgan fingerprint density at radius 2 is 1.69 bits per heavy atom. The highest BCUT2D eigenvalue weighted by Crippen LogP contribution is 2.19. The Balaban J connectivity index is 1.22. The van der Waals surface area contributed by atoms with Crippen molar-refractivity contribution in [1.29, 1.82) is 0 Å². The normalized spacial score (nSPS) is 16.3. The van der Waals surface area contributed by atoms with Crippen molar-refractivity contribution in [1.82, 2.24) is 14.8 Å². The second-order valence-electron chi connectivity index (χ2n) is 8.59. The maximum absolute atomic E-state index is 6.02. The Kier molecular flexibility index (Phi) is 6.10. The second kappa shape index (κ2) is 9.31. The smallest absolute Gasteiger partial charge is 0.128 e. The number of pyridine rings is 1. The van der Waals surface area contributed by atoms with Crippen LogP contribution in [0.15, 0.2) is 65.8 Å². The number of aromatic nitrogens is 1. The summed E-state index contributed by atoms with van der Waals surface area (Å²) in [6.07, 6.45) is 5.21. The van der Waals surface area contributed by atoms with Crippen LogP contribution in [0, 0.1) is 0 Å². The molecule has 0 spiro atoms. The van der Waals surface area contributed by atoms with Crippen LogP contribution < -0.4 is 15.5 Å². The van der Waals surface area contributed by atoms with Gasteiger partial charge in [-0.3, -0.25) is 4.99 Å². The van der Waals surface area contributed by atoms with E-state index in [0.29, 0.717) is 6.67 Å². The van der Waals surface area contributed by atoms with Gasteiger partial charge in [0, 0.05) is 55.4 Å². The third kappa shape index (κ3) is 4.79. The van der Waals surface area contributed by atoms with E-state index in [1.807, 2.05) is 30.5 Å². The van der Waals surface area contributed by atoms with Crippen molar-refractivity contribution < 1.29 is 0 Å². The molecule has 0 atom stereocenters. The predicted molar refractivity (Wildman–Crippen MR) is 131 cm³/mol. The Morgan fingerprint density at radius 1 is 0.906 bits per heavy atom. The third-order valence-electron chi connectivity index (χ3n) is 6.28. The highest BCUT2D eigenvalue weighted by molar-refractivity contribution is 6.30. The molecule has 0 bridgehead atoms. The van der Waals surface area contributed by atoms with Gasteiger partial charge >= 0.3 is 0 Å². The zero-order valence-electron chi connectivity index (χ0n) is 18.4. The molecule has 0 aliphatic carbocycles. The third-order valence-corrected chi connectivity index (χ3v) is 6.53. The molecule has 0 N–H and O–H groups in total. The van der Waals surface area contributed by atoms with E-state index in [1.165, 1.54) is 5.56 Å². The lowest BCUT2D eigenvalue weighted by atomic mass is 10.0. The van der Waals surface area contributed by atoms with E-state index in [-0.39, 0.29) is 0 Å². The summed E-state index contributed by atoms with van der Waals surface area (Å²) in [5.41, 5.74) is 3.58. The Bertz CT molecular complexity index is 1180. The molecule has 5 nitrogen and oxygen atoms in total. The summed E-state index contributed by atoms with van der Waals surface area (Å²) in [6, 6.07) is 18.8. The van der Waals surface area contributed by atoms with E-state index in [0.717, 1.165) is 71.7 Å². The molecule has 0 unspecified atom stereocenters. The summed E-state index contributed by atoms with van der Waals surface area (Å²) in [5.74, 6) is 1.09. The minimum Gasteiger partial charge on any atom is -0.357 e. The van der Waals surface area contributed by atoms with Crippen LogP contribution >= 0.6 is 11.6 Å². The molecule has 2 aliphatic heterocycles. The van der Waals surface area contributed by atoms with Crippen molar-refractivity contribution in [2.75, 3.05) is 51.3 Å². The molecule has 32 heavy (non-hydrogen) atoms. The highest BCUT2D eigenvalue weighted by Gasteiger charge is 2.15. The first-order valence-electron chi connectivity index (χ1n) is 11.2. The number of hydrogen-bond acceptors (Lipinski definition) is 5. The fourth-order valence-electron chi connectivity index (χ4n) is 4.21. The van der Waals surface area contributed by atoms with Gasteiger partial charge in [-0.25, -0.2) is 4.98 Å². The minimum atomic E-state index is 0.684. The van der Waals surface area contributed by atoms with Gasteiger partial charge in [-0.2, -0.15) is 0 Å². The summed E-state index contributed by atoms with van der Waals surface area (Å²) in [7, 11) is 2.18. The van der Waals surface area contributed by atoms with Crippen LogP contribution in [0.4, 0.5) is 5.82 Å². The van der Waals surface area contributed by atoms with Crippen LogP contribution in [0.25, 0.3) is 17.3 Å². The van der Waals surface area contributed by atoms with E-state index in [4.69, 9.17) is 21.6 Å². The maximum atomic E-state index is 6.02. The molecule has 5 rings (SSSR count). The molecular formula is C26H28ClN5. The number of hydrogen-bond donors (Lipinski definition) is 0. The largest absolute Gasteiger partial charge is 0.357 e. The molecule has 0 amide bonds. The number of anilines is 1. The summed E-state index contributed by atoms with van der Waals surface area (Å²) < 4.78 is 0. The first kappa shape index (κ1) is 21.0. The van der Waals surface area contributed by atoms with Gasteiger partial charge in [-0.05, 0) is 54.4 Å². The van der Waals surface area contributed by atoms with Crippen LogP contribution in [-0.4, -0.2) is 61.2 Å². The van der Waals surface area contributed by atoms with Gasteiger partial charge in [0.25, 0.3) is 0 Å². The Morgan fingerprint density at radius 3 is 2.44 bits per heavy atom. The van der Waals surface area contributed by atoms with Gasteiger partial charge < -0.3 is 14.7 Å². The zero-order chi connectivity index (χ0) is 21.9. The standard InChI is InChI=1S/C26H28ClN5/c1-30-12-14-32(15-13-30)26-9-2-20(17-28-26)10-11-31-18-23-4-3-22(16-25(23)29-19-31)21-5-7-24(27)8-6-21/h2-9,16-18H,10-15,19H2,1H3. The number of piperazine rings is 1. The second-order valence-corrected chi connectivity index (χ2v) is 9.02. The zero-order valence-corrected chi connectivity index (χ0v) is 19.2. The molecule has 0 radical (unpaired) electrons. The molecule has 6 heteroatoms. The monoisotopic (exact) mass is 445 g/mol. The fraction of sp³-hybridized carbons (Fsp3) is 0.308. The average Bonchev–Trinajstić information content (AvgIpc) is 2.84. The number of halogens is 1. The van der Waals surface area contributed by atoms with Crippen LogP contribution in [0.3, 0.4) is 0 Å². The van der Waals surface area contributed by atoms with Gasteiger partial charge in [0.1, 0.15) is 12.5 Å². The van der Waals surface area contributed by atoms with Crippen molar-refractivity contribution in [2.45, 2.75) is 6.42 Å². The van der Waals surface area contributed by atoms with Crippen LogP contribution in [0.5, 0.6) is 0 Å². The Labute approximate surface area is 194 Å². The molecule has 1 aromatic heterocycles. The molecule has 2 aliphatic rings. The Hall–Kier alpha value is -2.89. The van der Waals surface area contributed by atoms with E-state index >= 15 is 0 Å². The lowest BCUT2D eigenvalue weighted by Crippen LogP contribution is -2.44. The van der Waals surface area contributed by atoms with Gasteiger partial charge in [0.05, 0.1) is 5.36 Å². The van der Waals surface area contributed by atoms with Gasteiger partial charge in [0.2, 0.25) is 0 Å². The first-order chi connectivity index (χ1) is 15.6. The van der Waals surface area contributed by atoms with E-state index < -0.39 is 0 Å². The number of fused-ring (bicyclic) bond motifs is 1. The van der Waals surface area contributed by atoms with Crippen molar-refractivity contribution in [2.24, 2.45) is 4.99 Å². The fourth-order valence-corrected chi connectivity index (χ4v) is 4.34. The maximum Gasteiger partial charge on any atom is 0.128 e. The van der Waals surface area contributed by atoms with Gasteiger partial charge in [-0.15, -0.1) is 0 Å². The average molecular weight is 446 g/mol. The topological polar surface area (TPSA) is 35.0 Å². The highest BCUT2D eigenvalue weighted by atomic mass is 35.5. The van der Waals surface area contributed by atoms with Crippen molar-refractivity contribution in [3.05, 3.63) is 82.0 Å². The summed E-state index contributed by atoms with van der Waals surface area (Å²) in [6.45, 7) is 5.90. The van der Waals surface area contributed by atoms with Crippen molar-refractivity contribution in [3.8, 4) is 11.1 Å². The van der Waals surface area contributed by atoms with Gasteiger partial charge in [-0.1, -0.05) is 41.9 Å². The molecule has 1 saturated heterocycles. The number of benzene rings is 2. The lowest BCUT2D eigenvalue weighted by molar-refractivity contribution is 0.312. The molecule has 3 heterocycles. The van der Waals surface area contributed by atoms with Gasteiger partial charge in [0.15, 0.2) is 0 Å². The van der Waals surface area contributed by atoms with E-state index in [1.54, 1.807) is 0 Å². The molecule has 0 saturated carbocycles. The summed E-state index contributed by atoms with van der Waals surface area (Å²) >= 11 is 6.02. The number of likely N-dealkylation sites (N-methyl/N-ethyl adjacent to an activating group) is 1. The quantitative estimate of drug-likeness (QED) is 0.604. The van der Waals surface area contributed by atoms with Crippen molar-refractivity contribution >= 4 is 23.6 Å². The molecule has 3 aromatic rings. The van der Waals surface area contributed by atoms with E-state index in [9.17, 15) is 0 Å². The van der Waals surface area contributed by atoms with Crippen LogP contribution in [0.2, 0.25) is 5.02 Å². The van der Waals surface area contributed by atoms with E-state index in [2.05, 4.69) is 58.3 Å². The van der Waals surface area contributed by atoms with Crippen LogP contribution in [-0.2, 0) is 6.42 Å². The SMILES string of the molecule is CN1CCN(c2ccc(CCN3C=c4ccc(-c5ccc(Cl)cc5)cc4=NC3)cn2)CC1. The van der Waals surface area contributed by atoms with Crippen molar-refractivity contribution in [3.63, 3.8) is 0 Å². The predicted octanol–water partition coefficient (Wildman–Crippen LogP) is 3.03. The minimum absolute atomic E-state index is 0.684. The van der Waals surface area contributed by atoms with Crippen LogP contribution in [0.1, 0.15) is 5.56 Å². The molecule has 2 aromatic carbocycles. The molecular weight excluding hydrogens is 418 g/mol. The molecule has 1 fully saturated rings. The lowest BCUT2D eigenvalue weighted by Gasteiger charge is -2.33.